The van der Waals surface area contributed by atoms with Crippen LogP contribution in [0.3, 0.4) is 0 Å². The van der Waals surface area contributed by atoms with E-state index in [0.717, 1.165) is 0 Å². The van der Waals surface area contributed by atoms with Crippen LogP contribution in [0.2, 0.25) is 0 Å². The first-order valence-corrected chi connectivity index (χ1v) is 6.04. The maximum absolute atomic E-state index is 10.9. The monoisotopic (exact) mass is 283 g/mol. The first kappa shape index (κ1) is 15.6. The highest BCUT2D eigenvalue weighted by Crippen LogP contribution is 2.21. The lowest BCUT2D eigenvalue weighted by Gasteiger charge is -2.21. The summed E-state index contributed by atoms with van der Waals surface area (Å²) < 4.78 is 0. The van der Waals surface area contributed by atoms with Gasteiger partial charge in [0.15, 0.2) is 11.5 Å². The summed E-state index contributed by atoms with van der Waals surface area (Å²) in [5.74, 6) is 0.0462. The molecule has 9 heteroatoms. The summed E-state index contributed by atoms with van der Waals surface area (Å²) in [6.07, 6.45) is 0.547. The van der Waals surface area contributed by atoms with E-state index in [9.17, 15) is 10.1 Å². The van der Waals surface area contributed by atoms with E-state index >= 15 is 0 Å². The number of nitro groups is 1. The van der Waals surface area contributed by atoms with E-state index in [4.69, 9.17) is 16.0 Å². The van der Waals surface area contributed by atoms with E-state index < -0.39 is 10.8 Å². The van der Waals surface area contributed by atoms with Crippen molar-refractivity contribution in [1.82, 2.24) is 4.98 Å². The fourth-order valence-electron chi connectivity index (χ4n) is 1.70. The molecule has 0 aliphatic rings. The van der Waals surface area contributed by atoms with Crippen molar-refractivity contribution in [2.75, 3.05) is 24.6 Å². The van der Waals surface area contributed by atoms with E-state index in [1.165, 1.54) is 12.1 Å². The molecule has 0 aromatic carbocycles. The van der Waals surface area contributed by atoms with Gasteiger partial charge in [0, 0.05) is 25.8 Å². The number of aliphatic hydroxyl groups is 1. The molecule has 0 saturated heterocycles. The van der Waals surface area contributed by atoms with Crippen LogP contribution in [0.15, 0.2) is 17.3 Å². The lowest BCUT2D eigenvalue weighted by Crippen LogP contribution is -2.27. The fourth-order valence-corrected chi connectivity index (χ4v) is 1.70. The molecule has 0 fully saturated rings. The third-order valence-electron chi connectivity index (χ3n) is 2.70. The summed E-state index contributed by atoms with van der Waals surface area (Å²) >= 11 is 0. The quantitative estimate of drug-likeness (QED) is 0.215. The van der Waals surface area contributed by atoms with E-state index in [1.807, 2.05) is 11.8 Å². The van der Waals surface area contributed by atoms with Gasteiger partial charge in [0.2, 0.25) is 0 Å². The number of amidine groups is 1. The van der Waals surface area contributed by atoms with Crippen molar-refractivity contribution in [2.45, 2.75) is 13.3 Å². The Kier molecular flexibility index (Phi) is 5.66. The van der Waals surface area contributed by atoms with Crippen molar-refractivity contribution in [2.24, 2.45) is 10.9 Å². The molecule has 0 amide bonds. The van der Waals surface area contributed by atoms with Crippen LogP contribution in [0.4, 0.5) is 11.5 Å². The zero-order valence-electron chi connectivity index (χ0n) is 11.1. The summed E-state index contributed by atoms with van der Waals surface area (Å²) in [5, 5.41) is 31.2. The molecule has 0 aliphatic carbocycles. The molecule has 1 heterocycles. The van der Waals surface area contributed by atoms with Crippen LogP contribution < -0.4 is 10.6 Å². The average molecular weight is 283 g/mol. The number of pyridine rings is 1. The number of hydrogen-bond acceptors (Lipinski definition) is 7. The second-order valence-corrected chi connectivity index (χ2v) is 3.94. The Morgan fingerprint density at radius 3 is 2.80 bits per heavy atom. The summed E-state index contributed by atoms with van der Waals surface area (Å²) in [6, 6.07) is 2.75. The third-order valence-corrected chi connectivity index (χ3v) is 2.70. The van der Waals surface area contributed by atoms with Crippen molar-refractivity contribution >= 4 is 17.3 Å². The second-order valence-electron chi connectivity index (χ2n) is 3.94. The lowest BCUT2D eigenvalue weighted by atomic mass is 10.2. The zero-order chi connectivity index (χ0) is 15.1. The number of aliphatic hydroxyl groups excluding tert-OH is 1. The lowest BCUT2D eigenvalue weighted by molar-refractivity contribution is -0.385. The topological polar surface area (TPSA) is 138 Å². The van der Waals surface area contributed by atoms with Crippen LogP contribution in [0.1, 0.15) is 19.0 Å². The van der Waals surface area contributed by atoms with Crippen molar-refractivity contribution < 1.29 is 15.2 Å². The van der Waals surface area contributed by atoms with Gasteiger partial charge in [-0.25, -0.2) is 4.98 Å². The van der Waals surface area contributed by atoms with Gasteiger partial charge in [0.25, 0.3) is 5.69 Å². The van der Waals surface area contributed by atoms with Crippen LogP contribution in [-0.4, -0.2) is 45.8 Å². The Labute approximate surface area is 115 Å². The summed E-state index contributed by atoms with van der Waals surface area (Å²) in [7, 11) is 0. The molecule has 1 rings (SSSR count). The number of nitrogens with two attached hydrogens (primary N) is 1. The number of oxime groups is 1. The van der Waals surface area contributed by atoms with E-state index in [1.54, 1.807) is 0 Å². The summed E-state index contributed by atoms with van der Waals surface area (Å²) in [6.45, 7) is 3.09. The normalized spacial score (nSPS) is 11.4. The largest absolute Gasteiger partial charge is 0.409 e. The number of rotatable bonds is 7. The first-order chi connectivity index (χ1) is 9.54. The molecule has 4 N–H and O–H groups in total. The van der Waals surface area contributed by atoms with Gasteiger partial charge in [-0.05, 0) is 19.4 Å². The smallest absolute Gasteiger partial charge is 0.298 e. The van der Waals surface area contributed by atoms with Crippen molar-refractivity contribution in [3.63, 3.8) is 0 Å². The van der Waals surface area contributed by atoms with Crippen LogP contribution >= 0.6 is 0 Å². The minimum absolute atomic E-state index is 0.0383. The molecule has 0 aliphatic heterocycles. The highest BCUT2D eigenvalue weighted by atomic mass is 16.6. The number of anilines is 1. The Morgan fingerprint density at radius 2 is 2.30 bits per heavy atom. The molecule has 0 saturated carbocycles. The minimum atomic E-state index is -0.645. The third kappa shape index (κ3) is 3.54. The van der Waals surface area contributed by atoms with Gasteiger partial charge in [-0.2, -0.15) is 0 Å². The summed E-state index contributed by atoms with van der Waals surface area (Å²) in [4.78, 5) is 16.1. The van der Waals surface area contributed by atoms with E-state index in [2.05, 4.69) is 10.1 Å². The highest BCUT2D eigenvalue weighted by Gasteiger charge is 2.21. The number of hydrogen-bond donors (Lipinski definition) is 3. The maximum Gasteiger partial charge on any atom is 0.298 e. The van der Waals surface area contributed by atoms with Crippen LogP contribution in [0.5, 0.6) is 0 Å². The van der Waals surface area contributed by atoms with E-state index in [0.29, 0.717) is 25.3 Å². The first-order valence-electron chi connectivity index (χ1n) is 6.04. The van der Waals surface area contributed by atoms with Crippen molar-refractivity contribution in [3.05, 3.63) is 27.9 Å². The van der Waals surface area contributed by atoms with Gasteiger partial charge < -0.3 is 20.9 Å². The van der Waals surface area contributed by atoms with Crippen LogP contribution in [-0.2, 0) is 0 Å². The fraction of sp³-hybridized carbons (Fsp3) is 0.455. The van der Waals surface area contributed by atoms with Gasteiger partial charge in [-0.3, -0.25) is 10.1 Å². The maximum atomic E-state index is 10.9. The standard InChI is InChI=1S/C11H17N5O4/c1-2-15(6-3-7-17)9-5-4-8(16(19)20)10(13-9)11(12)14-18/h4-5,17-18H,2-3,6-7H2,1H3,(H2,12,14). The SMILES string of the molecule is CCN(CCCO)c1ccc([N+](=O)[O-])c(/C(N)=N/O)n1. The number of nitrogens with zero attached hydrogens (tertiary/aromatic N) is 4. The molecule has 1 aromatic rings. The molecule has 0 atom stereocenters. The zero-order valence-corrected chi connectivity index (χ0v) is 11.1. The van der Waals surface area contributed by atoms with Gasteiger partial charge in [-0.15, -0.1) is 0 Å². The molecule has 1 aromatic heterocycles. The van der Waals surface area contributed by atoms with Crippen LogP contribution in [0.25, 0.3) is 0 Å². The Morgan fingerprint density at radius 1 is 1.60 bits per heavy atom. The molecule has 110 valence electrons. The van der Waals surface area contributed by atoms with Crippen molar-refractivity contribution in [3.8, 4) is 0 Å². The molecule has 0 unspecified atom stereocenters. The van der Waals surface area contributed by atoms with Gasteiger partial charge in [0.05, 0.1) is 4.92 Å². The molecular formula is C11H17N5O4. The predicted molar refractivity (Wildman–Crippen MR) is 73.0 cm³/mol. The van der Waals surface area contributed by atoms with Gasteiger partial charge >= 0.3 is 0 Å². The number of aromatic nitrogens is 1. The molecule has 0 radical (unpaired) electrons. The van der Waals surface area contributed by atoms with Gasteiger partial charge in [0.1, 0.15) is 5.82 Å². The summed E-state index contributed by atoms with van der Waals surface area (Å²) in [5.41, 5.74) is 4.90. The average Bonchev–Trinajstić information content (AvgIpc) is 2.46. The molecule has 0 bridgehead atoms. The Balaban J connectivity index is 3.20. The predicted octanol–water partition coefficient (Wildman–Crippen LogP) is 0.293. The Bertz CT molecular complexity index is 506. The molecule has 9 nitrogen and oxygen atoms in total. The second kappa shape index (κ2) is 7.24. The van der Waals surface area contributed by atoms with Crippen LogP contribution in [0, 0.1) is 10.1 Å². The highest BCUT2D eigenvalue weighted by molar-refractivity contribution is 5.99. The molecule has 20 heavy (non-hydrogen) atoms. The van der Waals surface area contributed by atoms with Gasteiger partial charge in [-0.1, -0.05) is 5.16 Å². The minimum Gasteiger partial charge on any atom is -0.409 e. The Hall–Kier alpha value is -2.42. The molecular weight excluding hydrogens is 266 g/mol. The van der Waals surface area contributed by atoms with E-state index in [-0.39, 0.29) is 18.0 Å². The molecule has 0 spiro atoms. The van der Waals surface area contributed by atoms with Crippen molar-refractivity contribution in [1.29, 1.82) is 0 Å².